The second kappa shape index (κ2) is 3.86. The molecule has 0 radical (unpaired) electrons. The minimum atomic E-state index is -0.867. The van der Waals surface area contributed by atoms with Gasteiger partial charge in [0.15, 0.2) is 5.69 Å². The Balaban J connectivity index is 2.06. The second-order valence-corrected chi connectivity index (χ2v) is 5.45. The van der Waals surface area contributed by atoms with E-state index in [2.05, 4.69) is 16.5 Å². The van der Waals surface area contributed by atoms with E-state index in [4.69, 9.17) is 0 Å². The predicted octanol–water partition coefficient (Wildman–Crippen LogP) is 2.43. The molecule has 1 N–H and O–H groups in total. The maximum Gasteiger partial charge on any atom is 0.356 e. The molecule has 17 heavy (non-hydrogen) atoms. The van der Waals surface area contributed by atoms with Gasteiger partial charge in [0, 0.05) is 12.5 Å². The number of hydrogen-bond donors (Lipinski definition) is 1. The van der Waals surface area contributed by atoms with E-state index in [1.807, 2.05) is 0 Å². The summed E-state index contributed by atoms with van der Waals surface area (Å²) in [5.41, 5.74) is 1.26. The van der Waals surface area contributed by atoms with E-state index in [1.54, 1.807) is 0 Å². The van der Waals surface area contributed by atoms with Gasteiger partial charge in [-0.3, -0.25) is 0 Å². The number of aromatic nitrogens is 2. The first kappa shape index (κ1) is 10.8. The second-order valence-electron chi connectivity index (χ2n) is 5.45. The highest BCUT2D eigenvalue weighted by atomic mass is 16.4. The van der Waals surface area contributed by atoms with Gasteiger partial charge in [0.2, 0.25) is 0 Å². The zero-order chi connectivity index (χ0) is 12.0. The van der Waals surface area contributed by atoms with Crippen LogP contribution in [0.4, 0.5) is 0 Å². The summed E-state index contributed by atoms with van der Waals surface area (Å²) in [6.45, 7) is 3.18. The van der Waals surface area contributed by atoms with Crippen LogP contribution < -0.4 is 0 Å². The van der Waals surface area contributed by atoms with Crippen LogP contribution in [-0.4, -0.2) is 20.6 Å². The molecule has 0 spiro atoms. The van der Waals surface area contributed by atoms with Crippen LogP contribution >= 0.6 is 0 Å². The van der Waals surface area contributed by atoms with Crippen LogP contribution in [0, 0.1) is 5.92 Å². The molecule has 1 atom stereocenters. The van der Waals surface area contributed by atoms with E-state index in [1.165, 1.54) is 19.3 Å². The van der Waals surface area contributed by atoms with Gasteiger partial charge >= 0.3 is 5.97 Å². The number of aromatic carboxylic acids is 1. The van der Waals surface area contributed by atoms with Crippen molar-refractivity contribution >= 4 is 5.97 Å². The molecule has 0 saturated heterocycles. The highest BCUT2D eigenvalue weighted by molar-refractivity contribution is 5.87. The lowest BCUT2D eigenvalue weighted by molar-refractivity contribution is 0.0689. The zero-order valence-corrected chi connectivity index (χ0v) is 10.1. The minimum absolute atomic E-state index is 0.304. The fourth-order valence-electron chi connectivity index (χ4n) is 2.90. The van der Waals surface area contributed by atoms with Crippen LogP contribution in [0.15, 0.2) is 0 Å². The van der Waals surface area contributed by atoms with Gasteiger partial charge in [-0.05, 0) is 31.6 Å². The molecule has 1 saturated carbocycles. The van der Waals surface area contributed by atoms with Gasteiger partial charge in [-0.25, -0.2) is 9.78 Å². The fraction of sp³-hybridized carbons (Fsp3) is 0.692. The summed E-state index contributed by atoms with van der Waals surface area (Å²) in [6.07, 6.45) is 5.54. The largest absolute Gasteiger partial charge is 0.476 e. The number of rotatable bonds is 2. The van der Waals surface area contributed by atoms with Crippen molar-refractivity contribution in [3.8, 4) is 0 Å². The van der Waals surface area contributed by atoms with Crippen LogP contribution in [0.1, 0.15) is 60.5 Å². The minimum Gasteiger partial charge on any atom is -0.476 e. The highest BCUT2D eigenvalue weighted by Gasteiger charge is 2.31. The number of nitrogens with zero attached hydrogens (tertiary/aromatic N) is 2. The Morgan fingerprint density at radius 3 is 2.76 bits per heavy atom. The number of carboxylic acids is 1. The van der Waals surface area contributed by atoms with Crippen molar-refractivity contribution < 1.29 is 9.90 Å². The molecule has 1 aliphatic carbocycles. The van der Waals surface area contributed by atoms with Gasteiger partial charge in [0.05, 0.1) is 5.69 Å². The van der Waals surface area contributed by atoms with Crippen LogP contribution in [0.2, 0.25) is 0 Å². The van der Waals surface area contributed by atoms with E-state index in [0.29, 0.717) is 17.5 Å². The van der Waals surface area contributed by atoms with E-state index in [0.717, 1.165) is 30.9 Å². The third-order valence-corrected chi connectivity index (χ3v) is 4.14. The SMILES string of the molecule is CC1CCc2c(C(=O)O)nc(C3CCC3)n2C1. The summed E-state index contributed by atoms with van der Waals surface area (Å²) in [7, 11) is 0. The lowest BCUT2D eigenvalue weighted by atomic mass is 9.84. The zero-order valence-electron chi connectivity index (χ0n) is 10.1. The number of imidazole rings is 1. The van der Waals surface area contributed by atoms with Crippen LogP contribution in [0.3, 0.4) is 0 Å². The van der Waals surface area contributed by atoms with Crippen LogP contribution in [0.5, 0.6) is 0 Å². The molecule has 0 aromatic carbocycles. The Kier molecular flexibility index (Phi) is 2.45. The van der Waals surface area contributed by atoms with Gasteiger partial charge in [-0.2, -0.15) is 0 Å². The van der Waals surface area contributed by atoms with Gasteiger partial charge in [0.1, 0.15) is 5.82 Å². The Morgan fingerprint density at radius 1 is 1.41 bits per heavy atom. The van der Waals surface area contributed by atoms with Crippen molar-refractivity contribution in [1.29, 1.82) is 0 Å². The summed E-state index contributed by atoms with van der Waals surface area (Å²) < 4.78 is 2.20. The molecule has 0 amide bonds. The number of fused-ring (bicyclic) bond motifs is 1. The lowest BCUT2D eigenvalue weighted by Crippen LogP contribution is -2.23. The summed E-state index contributed by atoms with van der Waals surface area (Å²) >= 11 is 0. The molecule has 0 bridgehead atoms. The third-order valence-electron chi connectivity index (χ3n) is 4.14. The summed E-state index contributed by atoms with van der Waals surface area (Å²) in [5, 5.41) is 9.22. The molecule has 1 unspecified atom stereocenters. The molecule has 4 heteroatoms. The molecule has 3 rings (SSSR count). The van der Waals surface area contributed by atoms with Crippen molar-refractivity contribution in [3.05, 3.63) is 17.2 Å². The van der Waals surface area contributed by atoms with Gasteiger partial charge in [0.25, 0.3) is 0 Å². The van der Waals surface area contributed by atoms with Crippen LogP contribution in [-0.2, 0) is 13.0 Å². The molecule has 1 aromatic rings. The molecule has 2 aliphatic rings. The van der Waals surface area contributed by atoms with Crippen molar-refractivity contribution in [2.45, 2.75) is 51.5 Å². The molecule has 1 aromatic heterocycles. The molecule has 1 fully saturated rings. The predicted molar refractivity (Wildman–Crippen MR) is 63.3 cm³/mol. The first-order valence-corrected chi connectivity index (χ1v) is 6.49. The van der Waals surface area contributed by atoms with E-state index in [-0.39, 0.29) is 0 Å². The average molecular weight is 234 g/mol. The van der Waals surface area contributed by atoms with E-state index in [9.17, 15) is 9.90 Å². The van der Waals surface area contributed by atoms with Gasteiger partial charge in [-0.1, -0.05) is 13.3 Å². The molecular formula is C13H18N2O2. The Hall–Kier alpha value is -1.32. The highest BCUT2D eigenvalue weighted by Crippen LogP contribution is 2.38. The Bertz CT molecular complexity index is 460. The maximum atomic E-state index is 11.2. The van der Waals surface area contributed by atoms with E-state index < -0.39 is 5.97 Å². The number of hydrogen-bond acceptors (Lipinski definition) is 2. The Morgan fingerprint density at radius 2 is 2.18 bits per heavy atom. The monoisotopic (exact) mass is 234 g/mol. The van der Waals surface area contributed by atoms with Crippen LogP contribution in [0.25, 0.3) is 0 Å². The maximum absolute atomic E-state index is 11.2. The lowest BCUT2D eigenvalue weighted by Gasteiger charge is -2.29. The summed E-state index contributed by atoms with van der Waals surface area (Å²) in [5.74, 6) is 1.31. The molecule has 2 heterocycles. The van der Waals surface area contributed by atoms with Gasteiger partial charge < -0.3 is 9.67 Å². The third kappa shape index (κ3) is 1.66. The first-order valence-electron chi connectivity index (χ1n) is 6.49. The average Bonchev–Trinajstić information content (AvgIpc) is 2.55. The number of carboxylic acid groups (broad SMARTS) is 1. The smallest absolute Gasteiger partial charge is 0.356 e. The van der Waals surface area contributed by atoms with E-state index >= 15 is 0 Å². The molecule has 4 nitrogen and oxygen atoms in total. The normalized spacial score (nSPS) is 24.2. The van der Waals surface area contributed by atoms with Crippen molar-refractivity contribution in [2.75, 3.05) is 0 Å². The standard InChI is InChI=1S/C13H18N2O2/c1-8-5-6-10-11(13(16)17)14-12(15(10)7-8)9-3-2-4-9/h8-9H,2-7H2,1H3,(H,16,17). The van der Waals surface area contributed by atoms with Crippen molar-refractivity contribution in [2.24, 2.45) is 5.92 Å². The topological polar surface area (TPSA) is 55.1 Å². The summed E-state index contributed by atoms with van der Waals surface area (Å²) in [6, 6.07) is 0. The quantitative estimate of drug-likeness (QED) is 0.855. The van der Waals surface area contributed by atoms with Crippen molar-refractivity contribution in [3.63, 3.8) is 0 Å². The Labute approximate surface area is 101 Å². The first-order chi connectivity index (χ1) is 8.16. The molecule has 92 valence electrons. The molecular weight excluding hydrogens is 216 g/mol. The molecule has 1 aliphatic heterocycles. The number of carbonyl (C=O) groups is 1. The van der Waals surface area contributed by atoms with Crippen molar-refractivity contribution in [1.82, 2.24) is 9.55 Å². The van der Waals surface area contributed by atoms with Gasteiger partial charge in [-0.15, -0.1) is 0 Å². The summed E-state index contributed by atoms with van der Waals surface area (Å²) in [4.78, 5) is 15.6. The fourth-order valence-corrected chi connectivity index (χ4v) is 2.90.